The molecule has 0 saturated carbocycles. The molecule has 5 rings (SSSR count). The van der Waals surface area contributed by atoms with Gasteiger partial charge in [-0.2, -0.15) is 8.42 Å². The van der Waals surface area contributed by atoms with Crippen LogP contribution in [0.2, 0.25) is 0 Å². The summed E-state index contributed by atoms with van der Waals surface area (Å²) in [7, 11) is -4.28. The molecular formula is C32H45Cl2N7O3S. The molecule has 0 aromatic carbocycles. The maximum Gasteiger partial charge on any atom is 0.281 e. The Bertz CT molecular complexity index is 1610. The van der Waals surface area contributed by atoms with Crippen LogP contribution in [-0.2, 0) is 21.9 Å². The zero-order valence-corrected chi connectivity index (χ0v) is 29.0. The molecule has 0 aliphatic carbocycles. The quantitative estimate of drug-likeness (QED) is 0.323. The Morgan fingerprint density at radius 3 is 2.53 bits per heavy atom. The van der Waals surface area contributed by atoms with Gasteiger partial charge in [0.2, 0.25) is 0 Å². The van der Waals surface area contributed by atoms with Crippen molar-refractivity contribution in [2.45, 2.75) is 88.7 Å². The average molecular weight is 679 g/mol. The molecule has 1 amide bonds. The Labute approximate surface area is 279 Å². The molecule has 5 heterocycles. The highest BCUT2D eigenvalue weighted by Crippen LogP contribution is 2.41. The Hall–Kier alpha value is -2.99. The highest BCUT2D eigenvalue weighted by Gasteiger charge is 2.41. The van der Waals surface area contributed by atoms with Gasteiger partial charge < -0.3 is 16.0 Å². The molecule has 10 nitrogen and oxygen atoms in total. The lowest BCUT2D eigenvalue weighted by molar-refractivity contribution is 0.0981. The van der Waals surface area contributed by atoms with E-state index in [0.717, 1.165) is 49.1 Å². The van der Waals surface area contributed by atoms with Crippen LogP contribution in [0.15, 0.2) is 53.7 Å². The van der Waals surface area contributed by atoms with E-state index < -0.39 is 15.9 Å². The third-order valence-electron chi connectivity index (χ3n) is 8.39. The number of nitrogens with one attached hydrogen (secondary N) is 2. The number of anilines is 2. The molecule has 0 spiro atoms. The number of sulfonamides is 1. The summed E-state index contributed by atoms with van der Waals surface area (Å²) < 4.78 is 29.2. The number of aryl methyl sites for hydroxylation is 1. The molecule has 1 unspecified atom stereocenters. The van der Waals surface area contributed by atoms with Crippen LogP contribution in [0.4, 0.5) is 11.6 Å². The van der Waals surface area contributed by atoms with Gasteiger partial charge in [-0.3, -0.25) is 9.78 Å². The number of hydrogen-bond donors (Lipinski definition) is 3. The number of pyridine rings is 3. The number of aromatic nitrogens is 3. The van der Waals surface area contributed by atoms with Gasteiger partial charge >= 0.3 is 0 Å². The van der Waals surface area contributed by atoms with Crippen LogP contribution >= 0.6 is 24.8 Å². The van der Waals surface area contributed by atoms with E-state index >= 15 is 0 Å². The number of carbonyl (C=O) groups excluding carboxylic acids is 1. The van der Waals surface area contributed by atoms with Crippen molar-refractivity contribution in [1.82, 2.24) is 19.7 Å². The van der Waals surface area contributed by atoms with Crippen LogP contribution < -0.4 is 20.7 Å². The van der Waals surface area contributed by atoms with Crippen molar-refractivity contribution in [3.05, 3.63) is 71.2 Å². The summed E-state index contributed by atoms with van der Waals surface area (Å²) in [5, 5.41) is 3.21. The fourth-order valence-electron chi connectivity index (χ4n) is 6.10. The van der Waals surface area contributed by atoms with Gasteiger partial charge in [-0.05, 0) is 100 Å². The van der Waals surface area contributed by atoms with Crippen LogP contribution in [0.5, 0.6) is 0 Å². The van der Waals surface area contributed by atoms with Gasteiger partial charge in [-0.15, -0.1) is 24.8 Å². The predicted octanol–water partition coefficient (Wildman–Crippen LogP) is 5.57. The number of hydrogen-bond acceptors (Lipinski definition) is 9. The van der Waals surface area contributed by atoms with E-state index in [-0.39, 0.29) is 52.4 Å². The van der Waals surface area contributed by atoms with Crippen molar-refractivity contribution < 1.29 is 13.2 Å². The van der Waals surface area contributed by atoms with Crippen LogP contribution in [-0.4, -0.2) is 47.9 Å². The number of nitrogens with two attached hydrogens (primary N) is 1. The molecule has 246 valence electrons. The summed E-state index contributed by atoms with van der Waals surface area (Å²) in [4.78, 5) is 29.9. The SMILES string of the molecule is CC(C)(C)c1ccc2c(n1)N1C[C@@H](CCC(c3cc(CCCN)ccn3)Nc3cccc(n3)S(=O)(=O)NC2=O)CC1(C)C.Cl.Cl. The molecule has 4 bridgehead atoms. The summed E-state index contributed by atoms with van der Waals surface area (Å²) in [6, 6.07) is 12.2. The topological polar surface area (TPSA) is 143 Å². The smallest absolute Gasteiger partial charge is 0.281 e. The molecule has 1 saturated heterocycles. The average Bonchev–Trinajstić information content (AvgIpc) is 3.26. The van der Waals surface area contributed by atoms with Crippen LogP contribution in [0.25, 0.3) is 0 Å². The minimum Gasteiger partial charge on any atom is -0.362 e. The highest BCUT2D eigenvalue weighted by molar-refractivity contribution is 7.90. The normalized spacial score (nSPS) is 20.7. The standard InChI is InChI=1S/C32H43N7O3S.2ClH/c1-31(2,3)26-14-12-23-29(36-26)39-20-22(19-32(39,4)5)11-13-24(25-18-21(8-7-16-33)15-17-34-25)35-27-9-6-10-28(37-27)43(41,42)38-30(23)40;;/h6,9-10,12,14-15,17-18,22,24H,7-8,11,13,16,19-20,33H2,1-5H3,(H,35,37)(H,38,40);2*1H/t22-,24?;;/m0../s1. The second-order valence-electron chi connectivity index (χ2n) is 13.4. The summed E-state index contributed by atoms with van der Waals surface area (Å²) in [6.07, 6.45) is 6.12. The maximum absolute atomic E-state index is 13.6. The Morgan fingerprint density at radius 2 is 1.82 bits per heavy atom. The summed E-state index contributed by atoms with van der Waals surface area (Å²) in [5.41, 5.74) is 8.29. The molecule has 3 aromatic rings. The molecular weight excluding hydrogens is 633 g/mol. The van der Waals surface area contributed by atoms with E-state index in [0.29, 0.717) is 30.6 Å². The van der Waals surface area contributed by atoms with Gasteiger partial charge in [0, 0.05) is 29.4 Å². The number of nitrogens with zero attached hydrogens (tertiary/aromatic N) is 4. The van der Waals surface area contributed by atoms with E-state index in [1.54, 1.807) is 18.2 Å². The van der Waals surface area contributed by atoms with Crippen molar-refractivity contribution in [3.8, 4) is 0 Å². The number of rotatable bonds is 4. The first-order valence-electron chi connectivity index (χ1n) is 15.0. The molecule has 13 heteroatoms. The second kappa shape index (κ2) is 14.2. The Balaban J connectivity index is 0.00000276. The summed E-state index contributed by atoms with van der Waals surface area (Å²) in [5.74, 6) is 0.500. The van der Waals surface area contributed by atoms with E-state index in [1.807, 2.05) is 18.3 Å². The lowest BCUT2D eigenvalue weighted by atomic mass is 9.90. The predicted molar refractivity (Wildman–Crippen MR) is 183 cm³/mol. The lowest BCUT2D eigenvalue weighted by Gasteiger charge is -2.34. The molecule has 1 fully saturated rings. The van der Waals surface area contributed by atoms with Gasteiger partial charge in [-0.1, -0.05) is 26.8 Å². The first-order valence-corrected chi connectivity index (χ1v) is 16.5. The molecule has 3 aromatic heterocycles. The zero-order chi connectivity index (χ0) is 31.0. The van der Waals surface area contributed by atoms with Gasteiger partial charge in [0.1, 0.15) is 11.6 Å². The number of amides is 1. The zero-order valence-electron chi connectivity index (χ0n) is 26.5. The third-order valence-corrected chi connectivity index (χ3v) is 9.62. The second-order valence-corrected chi connectivity index (χ2v) is 15.0. The van der Waals surface area contributed by atoms with E-state index in [2.05, 4.69) is 60.6 Å². The highest BCUT2D eigenvalue weighted by atomic mass is 35.5. The Morgan fingerprint density at radius 1 is 1.07 bits per heavy atom. The fraction of sp³-hybridized carbons (Fsp3) is 0.500. The molecule has 2 atom stereocenters. The van der Waals surface area contributed by atoms with E-state index in [1.165, 1.54) is 6.07 Å². The number of halogens is 2. The maximum atomic E-state index is 13.6. The van der Waals surface area contributed by atoms with Gasteiger partial charge in [0.05, 0.1) is 17.3 Å². The summed E-state index contributed by atoms with van der Waals surface area (Å²) >= 11 is 0. The minimum atomic E-state index is -4.28. The van der Waals surface area contributed by atoms with Crippen molar-refractivity contribution in [2.75, 3.05) is 23.3 Å². The number of carbonyl (C=O) groups is 1. The van der Waals surface area contributed by atoms with Gasteiger partial charge in [0.15, 0.2) is 5.03 Å². The monoisotopic (exact) mass is 677 g/mol. The Kier molecular flexibility index (Phi) is 11.5. The molecule has 4 N–H and O–H groups in total. The van der Waals surface area contributed by atoms with Crippen molar-refractivity contribution in [1.29, 1.82) is 0 Å². The van der Waals surface area contributed by atoms with Crippen LogP contribution in [0.3, 0.4) is 0 Å². The van der Waals surface area contributed by atoms with Crippen LogP contribution in [0.1, 0.15) is 93.7 Å². The van der Waals surface area contributed by atoms with Crippen molar-refractivity contribution in [2.24, 2.45) is 11.7 Å². The van der Waals surface area contributed by atoms with Gasteiger partial charge in [0.25, 0.3) is 15.9 Å². The molecule has 45 heavy (non-hydrogen) atoms. The first-order chi connectivity index (χ1) is 20.3. The summed E-state index contributed by atoms with van der Waals surface area (Å²) in [6.45, 7) is 11.8. The van der Waals surface area contributed by atoms with Crippen molar-refractivity contribution >= 4 is 52.4 Å². The molecule has 2 aliphatic rings. The number of fused-ring (bicyclic) bond motifs is 6. The van der Waals surface area contributed by atoms with Crippen LogP contribution in [0, 0.1) is 5.92 Å². The third kappa shape index (κ3) is 8.24. The molecule has 0 radical (unpaired) electrons. The van der Waals surface area contributed by atoms with E-state index in [4.69, 9.17) is 15.7 Å². The first kappa shape index (κ1) is 36.5. The fourth-order valence-corrected chi connectivity index (χ4v) is 7.03. The van der Waals surface area contributed by atoms with Gasteiger partial charge in [-0.25, -0.2) is 14.7 Å². The minimum absolute atomic E-state index is 0. The molecule has 2 aliphatic heterocycles. The van der Waals surface area contributed by atoms with Crippen molar-refractivity contribution in [3.63, 3.8) is 0 Å². The lowest BCUT2D eigenvalue weighted by Crippen LogP contribution is -2.41. The largest absolute Gasteiger partial charge is 0.362 e. The van der Waals surface area contributed by atoms with E-state index in [9.17, 15) is 13.2 Å².